The van der Waals surface area contributed by atoms with Crippen molar-refractivity contribution in [2.75, 3.05) is 6.54 Å². The number of phenols is 1. The van der Waals surface area contributed by atoms with Gasteiger partial charge in [-0.2, -0.15) is 15.0 Å². The molecule has 0 unspecified atom stereocenters. The highest BCUT2D eigenvalue weighted by atomic mass is 79.9. The van der Waals surface area contributed by atoms with Gasteiger partial charge in [-0.25, -0.2) is 4.79 Å². The summed E-state index contributed by atoms with van der Waals surface area (Å²) in [4.78, 5) is 39.3. The van der Waals surface area contributed by atoms with Crippen molar-refractivity contribution in [3.05, 3.63) is 72.5 Å². The number of aromatic nitrogens is 3. The summed E-state index contributed by atoms with van der Waals surface area (Å²) in [5.74, 6) is 0.452. The highest BCUT2D eigenvalue weighted by Gasteiger charge is 2.17. The van der Waals surface area contributed by atoms with E-state index >= 15 is 0 Å². The SMILES string of the molecule is Cc1cc(-n2nc(C(=O)NCCCCCC#N)c(=O)[nH]c2=O)cc(C)c1Oc1ccc(O)c(Br)c1. The summed E-state index contributed by atoms with van der Waals surface area (Å²) in [6.07, 6.45) is 2.61. The minimum Gasteiger partial charge on any atom is -0.507 e. The molecule has 0 radical (unpaired) electrons. The van der Waals surface area contributed by atoms with Crippen LogP contribution in [-0.2, 0) is 0 Å². The maximum atomic E-state index is 12.5. The molecule has 1 aromatic heterocycles. The van der Waals surface area contributed by atoms with Gasteiger partial charge < -0.3 is 15.2 Å². The van der Waals surface area contributed by atoms with Crippen LogP contribution in [0.2, 0.25) is 0 Å². The van der Waals surface area contributed by atoms with E-state index in [-0.39, 0.29) is 5.75 Å². The number of carbonyl (C=O) groups excluding carboxylic acids is 1. The van der Waals surface area contributed by atoms with Gasteiger partial charge in [0.25, 0.3) is 11.5 Å². The predicted molar refractivity (Wildman–Crippen MR) is 132 cm³/mol. The molecule has 0 aliphatic rings. The van der Waals surface area contributed by atoms with E-state index in [1.165, 1.54) is 6.07 Å². The summed E-state index contributed by atoms with van der Waals surface area (Å²) >= 11 is 3.25. The van der Waals surface area contributed by atoms with Crippen molar-refractivity contribution in [2.24, 2.45) is 0 Å². The van der Waals surface area contributed by atoms with E-state index in [2.05, 4.69) is 37.4 Å². The zero-order valence-corrected chi connectivity index (χ0v) is 20.8. The van der Waals surface area contributed by atoms with E-state index in [1.54, 1.807) is 38.1 Å². The van der Waals surface area contributed by atoms with E-state index in [9.17, 15) is 19.5 Å². The molecular formula is C24H24BrN5O5. The van der Waals surface area contributed by atoms with Crippen LogP contribution in [0.15, 0.2) is 44.4 Å². The molecule has 0 atom stereocenters. The lowest BCUT2D eigenvalue weighted by Crippen LogP contribution is -2.39. The molecule has 1 heterocycles. The Labute approximate surface area is 209 Å². The Morgan fingerprint density at radius 2 is 1.91 bits per heavy atom. The van der Waals surface area contributed by atoms with E-state index in [0.717, 1.165) is 17.5 Å². The smallest absolute Gasteiger partial charge is 0.349 e. The minimum atomic E-state index is -0.875. The van der Waals surface area contributed by atoms with E-state index in [1.807, 2.05) is 0 Å². The Kier molecular flexibility index (Phi) is 8.43. The zero-order valence-electron chi connectivity index (χ0n) is 19.2. The second-order valence-corrected chi connectivity index (χ2v) is 8.72. The molecule has 0 bridgehead atoms. The number of H-pyrrole nitrogens is 1. The van der Waals surface area contributed by atoms with Crippen molar-refractivity contribution >= 4 is 21.8 Å². The van der Waals surface area contributed by atoms with Crippen molar-refractivity contribution in [2.45, 2.75) is 39.5 Å². The van der Waals surface area contributed by atoms with Crippen molar-refractivity contribution in [3.63, 3.8) is 0 Å². The molecule has 0 saturated heterocycles. The van der Waals surface area contributed by atoms with Gasteiger partial charge in [0, 0.05) is 13.0 Å². The van der Waals surface area contributed by atoms with Crippen LogP contribution >= 0.6 is 15.9 Å². The molecule has 35 heavy (non-hydrogen) atoms. The normalized spacial score (nSPS) is 10.6. The Hall–Kier alpha value is -3.91. The van der Waals surface area contributed by atoms with Gasteiger partial charge in [-0.3, -0.25) is 14.6 Å². The quantitative estimate of drug-likeness (QED) is 0.350. The Morgan fingerprint density at radius 1 is 1.20 bits per heavy atom. The number of hydrogen-bond donors (Lipinski definition) is 3. The fourth-order valence-corrected chi connectivity index (χ4v) is 3.75. The van der Waals surface area contributed by atoms with Crippen LogP contribution in [-0.4, -0.2) is 32.3 Å². The first kappa shape index (κ1) is 25.7. The van der Waals surface area contributed by atoms with Gasteiger partial charge in [0.15, 0.2) is 0 Å². The van der Waals surface area contributed by atoms with Gasteiger partial charge in [-0.05, 0) is 84.1 Å². The second kappa shape index (κ2) is 11.5. The summed E-state index contributed by atoms with van der Waals surface area (Å²) < 4.78 is 7.42. The number of aromatic amines is 1. The fraction of sp³-hybridized carbons (Fsp3) is 0.292. The van der Waals surface area contributed by atoms with Crippen LogP contribution in [0.5, 0.6) is 17.2 Å². The zero-order chi connectivity index (χ0) is 25.5. The molecule has 0 aliphatic heterocycles. The third-order valence-corrected chi connectivity index (χ3v) is 5.76. The predicted octanol–water partition coefficient (Wildman–Crippen LogP) is 3.61. The van der Waals surface area contributed by atoms with Gasteiger partial charge in [0.2, 0.25) is 5.69 Å². The second-order valence-electron chi connectivity index (χ2n) is 7.87. The van der Waals surface area contributed by atoms with Crippen LogP contribution in [0, 0.1) is 25.2 Å². The van der Waals surface area contributed by atoms with E-state index in [0.29, 0.717) is 52.2 Å². The number of ether oxygens (including phenoxy) is 1. The number of aryl methyl sites for hydroxylation is 2. The molecule has 3 rings (SSSR count). The van der Waals surface area contributed by atoms with E-state index in [4.69, 9.17) is 10.00 Å². The van der Waals surface area contributed by atoms with Gasteiger partial charge in [-0.1, -0.05) is 6.42 Å². The Bertz CT molecular complexity index is 1380. The Morgan fingerprint density at radius 3 is 2.57 bits per heavy atom. The summed E-state index contributed by atoms with van der Waals surface area (Å²) in [7, 11) is 0. The maximum absolute atomic E-state index is 12.5. The van der Waals surface area contributed by atoms with Crippen molar-refractivity contribution in [1.29, 1.82) is 5.26 Å². The van der Waals surface area contributed by atoms with Crippen LogP contribution < -0.4 is 21.3 Å². The van der Waals surface area contributed by atoms with Crippen LogP contribution in [0.1, 0.15) is 47.3 Å². The number of phenolic OH excluding ortho intramolecular Hbond substituents is 1. The van der Waals surface area contributed by atoms with Crippen LogP contribution in [0.4, 0.5) is 0 Å². The van der Waals surface area contributed by atoms with Gasteiger partial charge in [0.1, 0.15) is 17.2 Å². The summed E-state index contributed by atoms with van der Waals surface area (Å²) in [6, 6.07) is 10.1. The lowest BCUT2D eigenvalue weighted by Gasteiger charge is -2.15. The Balaban J connectivity index is 1.84. The number of nitriles is 1. The molecule has 182 valence electrons. The van der Waals surface area contributed by atoms with Crippen LogP contribution in [0.25, 0.3) is 5.69 Å². The topological polar surface area (TPSA) is 150 Å². The molecule has 0 spiro atoms. The fourth-order valence-electron chi connectivity index (χ4n) is 3.39. The highest BCUT2D eigenvalue weighted by molar-refractivity contribution is 9.10. The molecule has 3 aromatic rings. The first-order valence-corrected chi connectivity index (χ1v) is 11.7. The third-order valence-electron chi connectivity index (χ3n) is 5.12. The maximum Gasteiger partial charge on any atom is 0.349 e. The van der Waals surface area contributed by atoms with Crippen molar-refractivity contribution in [1.82, 2.24) is 20.1 Å². The van der Waals surface area contributed by atoms with Gasteiger partial charge >= 0.3 is 5.69 Å². The number of carbonyl (C=O) groups is 1. The number of nitrogens with one attached hydrogen (secondary N) is 2. The summed E-state index contributed by atoms with van der Waals surface area (Å²) in [5, 5.41) is 24.9. The molecule has 0 fully saturated rings. The average Bonchev–Trinajstić information content (AvgIpc) is 2.80. The molecule has 3 N–H and O–H groups in total. The van der Waals surface area contributed by atoms with Crippen molar-refractivity contribution in [3.8, 4) is 29.0 Å². The number of benzene rings is 2. The number of amides is 1. The largest absolute Gasteiger partial charge is 0.507 e. The molecule has 0 aliphatic carbocycles. The number of rotatable bonds is 9. The van der Waals surface area contributed by atoms with Crippen molar-refractivity contribution < 1.29 is 14.6 Å². The number of unbranched alkanes of at least 4 members (excludes halogenated alkanes) is 3. The minimum absolute atomic E-state index is 0.0866. The lowest BCUT2D eigenvalue weighted by atomic mass is 10.1. The molecule has 11 heteroatoms. The first-order valence-electron chi connectivity index (χ1n) is 10.9. The summed E-state index contributed by atoms with van der Waals surface area (Å²) in [5.41, 5.74) is -0.352. The van der Waals surface area contributed by atoms with Gasteiger partial charge in [-0.15, -0.1) is 0 Å². The molecule has 2 aromatic carbocycles. The molecule has 10 nitrogen and oxygen atoms in total. The number of halogens is 1. The standard InChI is InChI=1S/C24H24BrN5O5/c1-14-11-16(12-15(2)21(14)35-17-7-8-19(31)18(25)13-17)30-24(34)28-23(33)20(29-30)22(32)27-10-6-4-3-5-9-26/h7-8,11-13,31H,3-6,10H2,1-2H3,(H,27,32)(H,28,33,34). The highest BCUT2D eigenvalue weighted by Crippen LogP contribution is 2.34. The van der Waals surface area contributed by atoms with Crippen LogP contribution in [0.3, 0.4) is 0 Å². The number of hydrogen-bond acceptors (Lipinski definition) is 7. The molecular weight excluding hydrogens is 518 g/mol. The molecule has 0 saturated carbocycles. The lowest BCUT2D eigenvalue weighted by molar-refractivity contribution is 0.0944. The van der Waals surface area contributed by atoms with Gasteiger partial charge in [0.05, 0.1) is 16.2 Å². The summed E-state index contributed by atoms with van der Waals surface area (Å²) in [6.45, 7) is 3.90. The first-order chi connectivity index (χ1) is 16.7. The van der Waals surface area contributed by atoms with E-state index < -0.39 is 22.9 Å². The third kappa shape index (κ3) is 6.36. The number of aromatic hydroxyl groups is 1. The number of nitrogens with zero attached hydrogens (tertiary/aromatic N) is 3. The molecule has 1 amide bonds. The monoisotopic (exact) mass is 541 g/mol. The average molecular weight is 542 g/mol.